The molecule has 10 heteroatoms. The highest BCUT2D eigenvalue weighted by Gasteiger charge is 2.26. The summed E-state index contributed by atoms with van der Waals surface area (Å²) in [6.07, 6.45) is 8.70. The quantitative estimate of drug-likeness (QED) is 0.122. The zero-order chi connectivity index (χ0) is 32.1. The van der Waals surface area contributed by atoms with Crippen molar-refractivity contribution in [3.05, 3.63) is 75.3 Å². The first-order valence-corrected chi connectivity index (χ1v) is 15.9. The second-order valence-electron chi connectivity index (χ2n) is 12.1. The average Bonchev–Trinajstić information content (AvgIpc) is 3.64. The van der Waals surface area contributed by atoms with Crippen molar-refractivity contribution in [2.24, 2.45) is 5.92 Å². The smallest absolute Gasteiger partial charge is 0.323 e. The number of nitrogens with zero attached hydrogens (tertiary/aromatic N) is 4. The van der Waals surface area contributed by atoms with Crippen molar-refractivity contribution in [2.45, 2.75) is 85.0 Å². The van der Waals surface area contributed by atoms with Crippen molar-refractivity contribution in [2.75, 3.05) is 12.8 Å². The van der Waals surface area contributed by atoms with Gasteiger partial charge in [0.05, 0.1) is 30.3 Å². The van der Waals surface area contributed by atoms with Gasteiger partial charge < -0.3 is 25.1 Å². The number of halogens is 1. The molecular formula is C35H41ClN6O3. The minimum Gasteiger partial charge on any atom is -0.496 e. The third-order valence-corrected chi connectivity index (χ3v) is 8.46. The van der Waals surface area contributed by atoms with Gasteiger partial charge in [-0.15, -0.1) is 0 Å². The van der Waals surface area contributed by atoms with Crippen LogP contribution >= 0.6 is 11.6 Å². The largest absolute Gasteiger partial charge is 0.496 e. The van der Waals surface area contributed by atoms with E-state index in [1.54, 1.807) is 13.3 Å². The molecule has 3 N–H and O–H groups in total. The summed E-state index contributed by atoms with van der Waals surface area (Å²) in [5, 5.41) is 4.30. The number of anilines is 1. The van der Waals surface area contributed by atoms with Crippen molar-refractivity contribution >= 4 is 34.6 Å². The summed E-state index contributed by atoms with van der Waals surface area (Å²) in [5.74, 6) is 7.63. The number of benzene rings is 1. The summed E-state index contributed by atoms with van der Waals surface area (Å²) in [6.45, 7) is 9.19. The molecule has 0 saturated heterocycles. The van der Waals surface area contributed by atoms with Gasteiger partial charge in [-0.05, 0) is 69.6 Å². The number of rotatable bonds is 10. The molecule has 1 aliphatic rings. The van der Waals surface area contributed by atoms with Gasteiger partial charge in [-0.3, -0.25) is 9.78 Å². The predicted molar refractivity (Wildman–Crippen MR) is 177 cm³/mol. The number of pyridine rings is 1. The molecule has 0 aliphatic heterocycles. The number of nitrogen functional groups attached to an aromatic ring is 1. The van der Waals surface area contributed by atoms with Crippen LogP contribution in [0.1, 0.15) is 79.5 Å². The Morgan fingerprint density at radius 1 is 1.16 bits per heavy atom. The van der Waals surface area contributed by atoms with E-state index in [1.807, 2.05) is 48.9 Å². The second kappa shape index (κ2) is 14.3. The molecule has 5 rings (SSSR count). The molecule has 4 aromatic rings. The van der Waals surface area contributed by atoms with Gasteiger partial charge in [0.1, 0.15) is 28.7 Å². The molecule has 0 bridgehead atoms. The number of nitrogens with one attached hydrogen (secondary N) is 1. The minimum atomic E-state index is -0.330. The lowest BCUT2D eigenvalue weighted by Gasteiger charge is -2.21. The van der Waals surface area contributed by atoms with Crippen LogP contribution in [0, 0.1) is 31.6 Å². The van der Waals surface area contributed by atoms with E-state index in [9.17, 15) is 4.79 Å². The van der Waals surface area contributed by atoms with Crippen LogP contribution in [0.25, 0.3) is 11.0 Å². The number of aryl methyl sites for hydroxylation is 1. The van der Waals surface area contributed by atoms with E-state index in [1.165, 1.54) is 0 Å². The Labute approximate surface area is 269 Å². The highest BCUT2D eigenvalue weighted by atomic mass is 35.5. The maximum absolute atomic E-state index is 12.9. The first kappa shape index (κ1) is 32.3. The fraction of sp³-hybridized carbons (Fsp3) is 0.429. The third-order valence-electron chi connectivity index (χ3n) is 8.18. The lowest BCUT2D eigenvalue weighted by Crippen LogP contribution is -2.40. The lowest BCUT2D eigenvalue weighted by molar-refractivity contribution is -0.151. The summed E-state index contributed by atoms with van der Waals surface area (Å²) in [7, 11) is 1.66. The van der Waals surface area contributed by atoms with Gasteiger partial charge in [-0.25, -0.2) is 4.98 Å². The molecule has 9 nitrogen and oxygen atoms in total. The Hall–Kier alpha value is -4.13. The number of fused-ring (bicyclic) bond motifs is 1. The summed E-state index contributed by atoms with van der Waals surface area (Å²) in [5.41, 5.74) is 11.9. The molecule has 0 amide bonds. The van der Waals surface area contributed by atoms with Gasteiger partial charge in [0.15, 0.2) is 0 Å². The van der Waals surface area contributed by atoms with E-state index >= 15 is 0 Å². The molecule has 1 atom stereocenters. The Morgan fingerprint density at radius 2 is 1.89 bits per heavy atom. The van der Waals surface area contributed by atoms with E-state index in [-0.39, 0.29) is 29.2 Å². The van der Waals surface area contributed by atoms with Gasteiger partial charge in [-0.1, -0.05) is 49.4 Å². The highest BCUT2D eigenvalue weighted by Crippen LogP contribution is 2.29. The van der Waals surface area contributed by atoms with E-state index in [2.05, 4.69) is 46.0 Å². The number of carbonyl (C=O) groups excluding carboxylic acids is 1. The van der Waals surface area contributed by atoms with Crippen LogP contribution in [-0.4, -0.2) is 44.7 Å². The van der Waals surface area contributed by atoms with Gasteiger partial charge in [0.2, 0.25) is 5.95 Å². The number of hydrogen-bond acceptors (Lipinski definition) is 8. The zero-order valence-electron chi connectivity index (χ0n) is 26.6. The van der Waals surface area contributed by atoms with E-state index in [0.717, 1.165) is 65.8 Å². The third kappa shape index (κ3) is 7.75. The molecule has 0 radical (unpaired) electrons. The topological polar surface area (TPSA) is 117 Å². The van der Waals surface area contributed by atoms with Gasteiger partial charge >= 0.3 is 5.97 Å². The summed E-state index contributed by atoms with van der Waals surface area (Å²) in [4.78, 5) is 26.2. The van der Waals surface area contributed by atoms with Crippen molar-refractivity contribution < 1.29 is 14.3 Å². The summed E-state index contributed by atoms with van der Waals surface area (Å²) >= 11 is 6.56. The lowest BCUT2D eigenvalue weighted by atomic mass is 10.0. The monoisotopic (exact) mass is 628 g/mol. The second-order valence-corrected chi connectivity index (χ2v) is 12.5. The maximum atomic E-state index is 12.9. The van der Waals surface area contributed by atoms with Crippen LogP contribution in [0.2, 0.25) is 5.15 Å². The Kier molecular flexibility index (Phi) is 10.3. The minimum absolute atomic E-state index is 0.0616. The van der Waals surface area contributed by atoms with Crippen LogP contribution in [0.3, 0.4) is 0 Å². The Balaban J connectivity index is 1.33. The first-order chi connectivity index (χ1) is 21.6. The van der Waals surface area contributed by atoms with Gasteiger partial charge in [0.25, 0.3) is 0 Å². The van der Waals surface area contributed by atoms with Crippen LogP contribution < -0.4 is 15.8 Å². The van der Waals surface area contributed by atoms with Crippen molar-refractivity contribution in [3.63, 3.8) is 0 Å². The maximum Gasteiger partial charge on any atom is 0.323 e. The van der Waals surface area contributed by atoms with Crippen LogP contribution in [-0.2, 0) is 22.6 Å². The molecule has 1 fully saturated rings. The van der Waals surface area contributed by atoms with Crippen LogP contribution in [0.4, 0.5) is 5.95 Å². The zero-order valence-corrected chi connectivity index (χ0v) is 27.4. The molecule has 3 aromatic heterocycles. The molecule has 45 heavy (non-hydrogen) atoms. The summed E-state index contributed by atoms with van der Waals surface area (Å²) < 4.78 is 13.3. The molecule has 0 spiro atoms. The molecule has 3 heterocycles. The van der Waals surface area contributed by atoms with E-state index < -0.39 is 0 Å². The molecule has 0 unspecified atom stereocenters. The number of methoxy groups -OCH3 is 1. The van der Waals surface area contributed by atoms with Gasteiger partial charge in [-0.2, -0.15) is 4.98 Å². The van der Waals surface area contributed by atoms with Crippen LogP contribution in [0.15, 0.2) is 36.7 Å². The molecule has 1 aromatic carbocycles. The van der Waals surface area contributed by atoms with Crippen molar-refractivity contribution in [1.82, 2.24) is 24.8 Å². The van der Waals surface area contributed by atoms with E-state index in [0.29, 0.717) is 35.6 Å². The standard InChI is InChI=1S/C35H41ClN6O3/c1-21(2)16-28(34(43)45-27-8-6-7-9-27)39-18-25-12-10-24(11-13-25)14-15-26-19-42(33-30(26)32(36)40-35(37)41-33)20-29-23(4)31(44-5)22(3)17-38-29/h10-13,17,19,21,27-28,39H,6-9,16,18,20H2,1-5H3,(H2,37,40,41)/t28-/m0/s1. The Bertz CT molecular complexity index is 1730. The fourth-order valence-corrected chi connectivity index (χ4v) is 6.11. The van der Waals surface area contributed by atoms with Crippen molar-refractivity contribution in [1.29, 1.82) is 0 Å². The van der Waals surface area contributed by atoms with E-state index in [4.69, 9.17) is 26.8 Å². The highest BCUT2D eigenvalue weighted by molar-refractivity contribution is 6.34. The van der Waals surface area contributed by atoms with Crippen LogP contribution in [0.5, 0.6) is 5.75 Å². The SMILES string of the molecule is COc1c(C)cnc(Cn2cc(C#Cc3ccc(CN[C@@H](CC(C)C)C(=O)OC4CCCC4)cc3)c3c(Cl)nc(N)nc32)c1C. The Morgan fingerprint density at radius 3 is 2.58 bits per heavy atom. The summed E-state index contributed by atoms with van der Waals surface area (Å²) in [6, 6.07) is 7.65. The number of ether oxygens (including phenoxy) is 2. The number of nitrogens with two attached hydrogens (primary N) is 1. The number of aromatic nitrogens is 4. The number of hydrogen-bond donors (Lipinski definition) is 2. The normalized spacial score (nSPS) is 14.0. The molecular weight excluding hydrogens is 588 g/mol. The molecule has 1 saturated carbocycles. The number of esters is 1. The first-order valence-electron chi connectivity index (χ1n) is 15.5. The fourth-order valence-electron chi connectivity index (χ4n) is 5.84. The molecule has 236 valence electrons. The predicted octanol–water partition coefficient (Wildman–Crippen LogP) is 6.13. The number of carbonyl (C=O) groups is 1. The van der Waals surface area contributed by atoms with Crippen molar-refractivity contribution in [3.8, 4) is 17.6 Å². The molecule has 1 aliphatic carbocycles. The average molecular weight is 629 g/mol. The van der Waals surface area contributed by atoms with Gasteiger partial charge in [0, 0.05) is 35.6 Å².